The van der Waals surface area contributed by atoms with Crippen LogP contribution < -0.4 is 5.32 Å². The molecule has 2 rings (SSSR count). The quantitative estimate of drug-likeness (QED) is 0.633. The summed E-state index contributed by atoms with van der Waals surface area (Å²) in [6.07, 6.45) is -1.64. The second-order valence-corrected chi connectivity index (χ2v) is 5.45. The van der Waals surface area contributed by atoms with Crippen LogP contribution in [-0.4, -0.2) is 73.8 Å². The lowest BCUT2D eigenvalue weighted by molar-refractivity contribution is -0.0537. The molecule has 0 spiro atoms. The molecule has 0 aliphatic carbocycles. The van der Waals surface area contributed by atoms with Gasteiger partial charge in [-0.15, -0.1) is 0 Å². The minimum Gasteiger partial charge on any atom is -0.354 e. The predicted octanol–water partition coefficient (Wildman–Crippen LogP) is 1.49. The van der Waals surface area contributed by atoms with Gasteiger partial charge in [0.25, 0.3) is 0 Å². The van der Waals surface area contributed by atoms with Crippen molar-refractivity contribution in [2.45, 2.75) is 25.6 Å². The van der Waals surface area contributed by atoms with Crippen LogP contribution in [0.1, 0.15) is 13.3 Å². The maximum atomic E-state index is 12.5. The van der Waals surface area contributed by atoms with Gasteiger partial charge in [-0.05, 0) is 13.3 Å². The number of hydrogen-bond acceptors (Lipinski definition) is 4. The molecule has 2 saturated heterocycles. The normalized spacial score (nSPS) is 24.9. The first-order valence-electron chi connectivity index (χ1n) is 7.43. The van der Waals surface area contributed by atoms with Gasteiger partial charge in [-0.2, -0.15) is 13.2 Å². The average molecular weight is 317 g/mol. The van der Waals surface area contributed by atoms with Crippen molar-refractivity contribution in [3.63, 3.8) is 0 Å². The van der Waals surface area contributed by atoms with Gasteiger partial charge in [-0.25, -0.2) is 4.99 Å². The van der Waals surface area contributed by atoms with Crippen LogP contribution in [-0.2, 0) is 0 Å². The van der Waals surface area contributed by atoms with Gasteiger partial charge in [0.05, 0.1) is 0 Å². The summed E-state index contributed by atoms with van der Waals surface area (Å²) in [5.41, 5.74) is 0. The molecule has 8 heteroatoms. The van der Waals surface area contributed by atoms with E-state index in [1.54, 1.807) is 13.1 Å². The highest BCUT2D eigenvalue weighted by Crippen LogP contribution is 2.20. The molecule has 0 aromatic rings. The van der Waals surface area contributed by atoms with Crippen molar-refractivity contribution in [1.82, 2.24) is 15.1 Å². The van der Waals surface area contributed by atoms with Gasteiger partial charge in [-0.1, -0.05) is 0 Å². The zero-order chi connectivity index (χ0) is 16.2. The molecule has 1 unspecified atom stereocenters. The van der Waals surface area contributed by atoms with E-state index >= 15 is 0 Å². The number of piperazine rings is 1. The number of amidine groups is 1. The summed E-state index contributed by atoms with van der Waals surface area (Å²) in [6.45, 7) is 5.69. The molecule has 0 bridgehead atoms. The summed E-state index contributed by atoms with van der Waals surface area (Å²) in [4.78, 5) is 11.8. The van der Waals surface area contributed by atoms with Crippen LogP contribution in [0.15, 0.2) is 21.9 Å². The fraction of sp³-hybridized carbons (Fsp3) is 0.714. The van der Waals surface area contributed by atoms with Crippen LogP contribution in [0, 0.1) is 0 Å². The van der Waals surface area contributed by atoms with E-state index in [0.29, 0.717) is 30.8 Å². The number of halogens is 3. The van der Waals surface area contributed by atoms with Gasteiger partial charge in [0.2, 0.25) is 0 Å². The van der Waals surface area contributed by atoms with Crippen molar-refractivity contribution in [1.29, 1.82) is 0 Å². The van der Waals surface area contributed by atoms with E-state index in [1.165, 1.54) is 0 Å². The lowest BCUT2D eigenvalue weighted by atomic mass is 10.1. The minimum absolute atomic E-state index is 0.0493. The summed E-state index contributed by atoms with van der Waals surface area (Å²) < 4.78 is 37.4. The molecule has 2 fully saturated rings. The Morgan fingerprint density at radius 1 is 1.23 bits per heavy atom. The Morgan fingerprint density at radius 2 is 1.91 bits per heavy atom. The fourth-order valence-corrected chi connectivity index (χ4v) is 2.49. The monoisotopic (exact) mass is 317 g/mol. The number of alkyl halides is 3. The Bertz CT molecular complexity index is 464. The first-order chi connectivity index (χ1) is 10.4. The Hall–Kier alpha value is -1.57. The topological polar surface area (TPSA) is 43.2 Å². The molecule has 22 heavy (non-hydrogen) atoms. The summed E-state index contributed by atoms with van der Waals surface area (Å²) >= 11 is 0. The molecule has 5 nitrogen and oxygen atoms in total. The fourth-order valence-electron chi connectivity index (χ4n) is 2.49. The number of nitrogens with zero attached hydrogens (tertiary/aromatic N) is 4. The van der Waals surface area contributed by atoms with Crippen molar-refractivity contribution in [3.05, 3.63) is 11.9 Å². The molecule has 124 valence electrons. The van der Waals surface area contributed by atoms with Gasteiger partial charge in [0.1, 0.15) is 17.9 Å². The Labute approximate surface area is 128 Å². The van der Waals surface area contributed by atoms with Crippen LogP contribution in [0.4, 0.5) is 13.2 Å². The number of nitrogens with one attached hydrogen (secondary N) is 1. The van der Waals surface area contributed by atoms with E-state index in [1.807, 2.05) is 4.90 Å². The van der Waals surface area contributed by atoms with Gasteiger partial charge < -0.3 is 15.1 Å². The number of likely N-dealkylation sites (tertiary alicyclic amines) is 1. The van der Waals surface area contributed by atoms with Crippen molar-refractivity contribution in [2.24, 2.45) is 9.98 Å². The highest BCUT2D eigenvalue weighted by atomic mass is 19.4. The number of aliphatic imine (C=N–C) groups is 2. The van der Waals surface area contributed by atoms with Crippen molar-refractivity contribution in [2.75, 3.05) is 39.8 Å². The third kappa shape index (κ3) is 4.46. The van der Waals surface area contributed by atoms with E-state index in [-0.39, 0.29) is 6.21 Å². The third-order valence-electron chi connectivity index (χ3n) is 3.89. The standard InChI is InChI=1S/C14H22F3N5/c1-11-3-6-22(11)12(18-2)9-13(20-10-14(15,16)17)21-7-4-19-5-8-21/h9-11,19H,3-8H2,1-2H3/b13-9+,18-12?,20-10+. The second kappa shape index (κ2) is 7.13. The molecule has 0 radical (unpaired) electrons. The van der Waals surface area contributed by atoms with Crippen molar-refractivity contribution >= 4 is 12.1 Å². The Kier molecular flexibility index (Phi) is 5.44. The highest BCUT2D eigenvalue weighted by Gasteiger charge is 2.27. The molecule has 2 heterocycles. The first-order valence-corrected chi connectivity index (χ1v) is 7.43. The van der Waals surface area contributed by atoms with Gasteiger partial charge in [0, 0.05) is 51.9 Å². The molecule has 1 atom stereocenters. The zero-order valence-electron chi connectivity index (χ0n) is 12.9. The molecular weight excluding hydrogens is 295 g/mol. The second-order valence-electron chi connectivity index (χ2n) is 5.45. The van der Waals surface area contributed by atoms with Crippen LogP contribution >= 0.6 is 0 Å². The average Bonchev–Trinajstić information content (AvgIpc) is 2.48. The van der Waals surface area contributed by atoms with E-state index in [2.05, 4.69) is 27.1 Å². The molecule has 0 aromatic heterocycles. The molecule has 1 N–H and O–H groups in total. The summed E-state index contributed by atoms with van der Waals surface area (Å²) in [5.74, 6) is 1.00. The molecule has 0 saturated carbocycles. The van der Waals surface area contributed by atoms with Crippen LogP contribution in [0.3, 0.4) is 0 Å². The van der Waals surface area contributed by atoms with E-state index in [9.17, 15) is 13.2 Å². The molecule has 2 aliphatic rings. The van der Waals surface area contributed by atoms with Crippen LogP contribution in [0.5, 0.6) is 0 Å². The number of hydrogen-bond donors (Lipinski definition) is 1. The van der Waals surface area contributed by atoms with Crippen LogP contribution in [0.25, 0.3) is 0 Å². The number of rotatable bonds is 3. The minimum atomic E-state index is -4.42. The van der Waals surface area contributed by atoms with Gasteiger partial charge >= 0.3 is 6.18 Å². The van der Waals surface area contributed by atoms with Crippen LogP contribution in [0.2, 0.25) is 0 Å². The lowest BCUT2D eigenvalue weighted by Gasteiger charge is -2.40. The summed E-state index contributed by atoms with van der Waals surface area (Å²) in [6, 6.07) is 0.366. The third-order valence-corrected chi connectivity index (χ3v) is 3.89. The maximum Gasteiger partial charge on any atom is 0.426 e. The first kappa shape index (κ1) is 16.8. The van der Waals surface area contributed by atoms with E-state index < -0.39 is 6.18 Å². The smallest absolute Gasteiger partial charge is 0.354 e. The predicted molar refractivity (Wildman–Crippen MR) is 81.2 cm³/mol. The SMILES string of the molecule is CN=C(/C=C(\N=C\C(F)(F)F)N1CCNCC1)N1CCC1C. The van der Waals surface area contributed by atoms with E-state index in [4.69, 9.17) is 0 Å². The van der Waals surface area contributed by atoms with Gasteiger partial charge in [0.15, 0.2) is 0 Å². The molecular formula is C14H22F3N5. The maximum absolute atomic E-state index is 12.5. The largest absolute Gasteiger partial charge is 0.426 e. The summed E-state index contributed by atoms with van der Waals surface area (Å²) in [7, 11) is 1.65. The van der Waals surface area contributed by atoms with Crippen molar-refractivity contribution in [3.8, 4) is 0 Å². The summed E-state index contributed by atoms with van der Waals surface area (Å²) in [5, 5.41) is 3.18. The molecule has 0 aromatic carbocycles. The highest BCUT2D eigenvalue weighted by molar-refractivity contribution is 5.94. The molecule has 2 aliphatic heterocycles. The van der Waals surface area contributed by atoms with Gasteiger partial charge in [-0.3, -0.25) is 4.99 Å². The van der Waals surface area contributed by atoms with Crippen molar-refractivity contribution < 1.29 is 13.2 Å². The zero-order valence-corrected chi connectivity index (χ0v) is 12.9. The lowest BCUT2D eigenvalue weighted by Crippen LogP contribution is -2.49. The Balaban J connectivity index is 2.21. The van der Waals surface area contributed by atoms with E-state index in [0.717, 1.165) is 26.1 Å². The molecule has 0 amide bonds. The Morgan fingerprint density at radius 3 is 2.36 bits per heavy atom.